The minimum absolute atomic E-state index is 0.0963. The van der Waals surface area contributed by atoms with E-state index in [9.17, 15) is 14.0 Å². The molecule has 4 nitrogen and oxygen atoms in total. The van der Waals surface area contributed by atoms with Gasteiger partial charge in [0.15, 0.2) is 0 Å². The number of rotatable bonds is 3. The third-order valence-corrected chi connectivity index (χ3v) is 5.15. The molecule has 0 unspecified atom stereocenters. The molecule has 2 aliphatic rings. The molecule has 0 bridgehead atoms. The highest BCUT2D eigenvalue weighted by atomic mass is 19.1. The molecule has 0 aliphatic carbocycles. The highest BCUT2D eigenvalue weighted by Gasteiger charge is 2.26. The molecule has 0 N–H and O–H groups in total. The molecule has 0 aromatic heterocycles. The lowest BCUT2D eigenvalue weighted by Gasteiger charge is -2.30. The SMILES string of the molecule is O=C1CCCN1c1ccc(CC(=O)N2CCCc3cccc(F)c32)cc1. The second-order valence-electron chi connectivity index (χ2n) is 6.89. The van der Waals surface area contributed by atoms with Crippen LogP contribution < -0.4 is 9.80 Å². The Hall–Kier alpha value is -2.69. The van der Waals surface area contributed by atoms with Gasteiger partial charge >= 0.3 is 0 Å². The van der Waals surface area contributed by atoms with Crippen molar-refractivity contribution in [3.8, 4) is 0 Å². The lowest BCUT2D eigenvalue weighted by Crippen LogP contribution is -2.37. The van der Waals surface area contributed by atoms with E-state index < -0.39 is 0 Å². The van der Waals surface area contributed by atoms with Crippen LogP contribution in [0.25, 0.3) is 0 Å². The van der Waals surface area contributed by atoms with Crippen molar-refractivity contribution >= 4 is 23.2 Å². The lowest BCUT2D eigenvalue weighted by atomic mass is 10.0. The number of fused-ring (bicyclic) bond motifs is 1. The summed E-state index contributed by atoms with van der Waals surface area (Å²) in [6, 6.07) is 12.5. The smallest absolute Gasteiger partial charge is 0.231 e. The van der Waals surface area contributed by atoms with Gasteiger partial charge in [-0.2, -0.15) is 0 Å². The number of anilines is 2. The first-order chi connectivity index (χ1) is 12.6. The molecule has 2 heterocycles. The number of para-hydroxylation sites is 1. The van der Waals surface area contributed by atoms with Crippen molar-refractivity contribution < 1.29 is 14.0 Å². The van der Waals surface area contributed by atoms with Crippen LogP contribution in [-0.4, -0.2) is 24.9 Å². The summed E-state index contributed by atoms with van der Waals surface area (Å²) in [4.78, 5) is 27.9. The summed E-state index contributed by atoms with van der Waals surface area (Å²) in [5, 5.41) is 0. The highest BCUT2D eigenvalue weighted by molar-refractivity contribution is 5.97. The number of nitrogens with zero attached hydrogens (tertiary/aromatic N) is 2. The summed E-state index contributed by atoms with van der Waals surface area (Å²) in [6.07, 6.45) is 3.36. The molecule has 0 atom stereocenters. The minimum atomic E-state index is -0.335. The Kier molecular flexibility index (Phi) is 4.45. The Morgan fingerprint density at radius 3 is 2.50 bits per heavy atom. The van der Waals surface area contributed by atoms with Crippen LogP contribution in [0.5, 0.6) is 0 Å². The molecule has 1 saturated heterocycles. The maximum absolute atomic E-state index is 14.3. The fourth-order valence-corrected chi connectivity index (χ4v) is 3.84. The standard InChI is InChI=1S/C21H21FN2O2/c22-18-6-1-4-16-5-2-13-24(21(16)18)20(26)14-15-8-10-17(11-9-15)23-12-3-7-19(23)25/h1,4,6,8-11H,2-3,5,7,12-14H2. The van der Waals surface area contributed by atoms with Crippen LogP contribution in [0, 0.1) is 5.82 Å². The summed E-state index contributed by atoms with van der Waals surface area (Å²) in [6.45, 7) is 1.30. The first-order valence-electron chi connectivity index (χ1n) is 9.10. The predicted octanol–water partition coefficient (Wildman–Crippen LogP) is 3.47. The number of carbonyl (C=O) groups excluding carboxylic acids is 2. The van der Waals surface area contributed by atoms with E-state index in [4.69, 9.17) is 0 Å². The average Bonchev–Trinajstić information content (AvgIpc) is 3.08. The zero-order chi connectivity index (χ0) is 18.1. The van der Waals surface area contributed by atoms with Gasteiger partial charge in [-0.05, 0) is 48.6 Å². The maximum Gasteiger partial charge on any atom is 0.231 e. The van der Waals surface area contributed by atoms with Crippen molar-refractivity contribution in [2.24, 2.45) is 0 Å². The van der Waals surface area contributed by atoms with Crippen LogP contribution in [-0.2, 0) is 22.4 Å². The minimum Gasteiger partial charge on any atom is -0.312 e. The summed E-state index contributed by atoms with van der Waals surface area (Å²) in [7, 11) is 0. The van der Waals surface area contributed by atoms with Gasteiger partial charge in [-0.3, -0.25) is 9.59 Å². The highest BCUT2D eigenvalue weighted by Crippen LogP contribution is 2.30. The lowest BCUT2D eigenvalue weighted by molar-refractivity contribution is -0.118. The van der Waals surface area contributed by atoms with Crippen molar-refractivity contribution in [2.75, 3.05) is 22.9 Å². The topological polar surface area (TPSA) is 40.6 Å². The average molecular weight is 352 g/mol. The maximum atomic E-state index is 14.3. The third-order valence-electron chi connectivity index (χ3n) is 5.15. The Morgan fingerprint density at radius 1 is 1.00 bits per heavy atom. The van der Waals surface area contributed by atoms with E-state index in [1.165, 1.54) is 6.07 Å². The Bertz CT molecular complexity index is 848. The van der Waals surface area contributed by atoms with E-state index in [1.54, 1.807) is 15.9 Å². The molecule has 2 aromatic carbocycles. The molecule has 2 aromatic rings. The summed E-state index contributed by atoms with van der Waals surface area (Å²) in [5.74, 6) is -0.284. The van der Waals surface area contributed by atoms with Crippen LogP contribution >= 0.6 is 0 Å². The van der Waals surface area contributed by atoms with Gasteiger partial charge in [0.2, 0.25) is 11.8 Å². The summed E-state index contributed by atoms with van der Waals surface area (Å²) < 4.78 is 14.3. The van der Waals surface area contributed by atoms with Gasteiger partial charge in [0, 0.05) is 25.2 Å². The number of hydrogen-bond acceptors (Lipinski definition) is 2. The van der Waals surface area contributed by atoms with E-state index in [1.807, 2.05) is 30.3 Å². The molecule has 0 spiro atoms. The van der Waals surface area contributed by atoms with Crippen LogP contribution in [0.2, 0.25) is 0 Å². The Labute approximate surface area is 152 Å². The van der Waals surface area contributed by atoms with E-state index in [0.29, 0.717) is 18.7 Å². The first kappa shape index (κ1) is 16.8. The molecule has 0 radical (unpaired) electrons. The molecule has 0 saturated carbocycles. The molecule has 1 fully saturated rings. The van der Waals surface area contributed by atoms with Crippen molar-refractivity contribution in [3.63, 3.8) is 0 Å². The van der Waals surface area contributed by atoms with Crippen molar-refractivity contribution in [3.05, 3.63) is 59.4 Å². The number of benzene rings is 2. The second kappa shape index (κ2) is 6.90. The Balaban J connectivity index is 1.50. The second-order valence-corrected chi connectivity index (χ2v) is 6.89. The fraction of sp³-hybridized carbons (Fsp3) is 0.333. The predicted molar refractivity (Wildman–Crippen MR) is 98.8 cm³/mol. The number of halogens is 1. The van der Waals surface area contributed by atoms with E-state index in [2.05, 4.69) is 0 Å². The van der Waals surface area contributed by atoms with Crippen LogP contribution in [0.15, 0.2) is 42.5 Å². The van der Waals surface area contributed by atoms with Crippen LogP contribution in [0.3, 0.4) is 0 Å². The number of carbonyl (C=O) groups is 2. The summed E-state index contributed by atoms with van der Waals surface area (Å²) in [5.41, 5.74) is 3.07. The van der Waals surface area contributed by atoms with E-state index >= 15 is 0 Å². The van der Waals surface area contributed by atoms with E-state index in [-0.39, 0.29) is 24.1 Å². The molecule has 4 rings (SSSR count). The molecule has 2 amide bonds. The first-order valence-corrected chi connectivity index (χ1v) is 9.10. The van der Waals surface area contributed by atoms with Gasteiger partial charge in [0.25, 0.3) is 0 Å². The van der Waals surface area contributed by atoms with Gasteiger partial charge in [-0.15, -0.1) is 0 Å². The molecule has 2 aliphatic heterocycles. The normalized spacial score (nSPS) is 16.7. The third kappa shape index (κ3) is 3.09. The zero-order valence-electron chi connectivity index (χ0n) is 14.6. The van der Waals surface area contributed by atoms with Crippen LogP contribution in [0.4, 0.5) is 15.8 Å². The van der Waals surface area contributed by atoms with Crippen molar-refractivity contribution in [2.45, 2.75) is 32.1 Å². The Morgan fingerprint density at radius 2 is 1.77 bits per heavy atom. The summed E-state index contributed by atoms with van der Waals surface area (Å²) >= 11 is 0. The fourth-order valence-electron chi connectivity index (χ4n) is 3.84. The number of aryl methyl sites for hydroxylation is 1. The van der Waals surface area contributed by atoms with Gasteiger partial charge in [0.05, 0.1) is 12.1 Å². The molecular formula is C21H21FN2O2. The molecule has 26 heavy (non-hydrogen) atoms. The van der Waals surface area contributed by atoms with Gasteiger partial charge < -0.3 is 9.80 Å². The van der Waals surface area contributed by atoms with Crippen LogP contribution in [0.1, 0.15) is 30.4 Å². The molecule has 134 valence electrons. The van der Waals surface area contributed by atoms with Crippen molar-refractivity contribution in [1.29, 1.82) is 0 Å². The number of hydrogen-bond donors (Lipinski definition) is 0. The molecule has 5 heteroatoms. The number of amides is 2. The van der Waals surface area contributed by atoms with Gasteiger partial charge in [-0.1, -0.05) is 24.3 Å². The zero-order valence-corrected chi connectivity index (χ0v) is 14.6. The molecular weight excluding hydrogens is 331 g/mol. The quantitative estimate of drug-likeness (QED) is 0.849. The van der Waals surface area contributed by atoms with E-state index in [0.717, 1.165) is 42.6 Å². The van der Waals surface area contributed by atoms with Gasteiger partial charge in [0.1, 0.15) is 5.82 Å². The van der Waals surface area contributed by atoms with Crippen molar-refractivity contribution in [1.82, 2.24) is 0 Å². The largest absolute Gasteiger partial charge is 0.312 e. The monoisotopic (exact) mass is 352 g/mol. The van der Waals surface area contributed by atoms with Gasteiger partial charge in [-0.25, -0.2) is 4.39 Å².